The second kappa shape index (κ2) is 30.6. The van der Waals surface area contributed by atoms with E-state index in [4.69, 9.17) is 23.7 Å². The highest BCUT2D eigenvalue weighted by Gasteiger charge is 2.39. The van der Waals surface area contributed by atoms with Crippen molar-refractivity contribution in [1.82, 2.24) is 0 Å². The number of ether oxygens (including phenoxy) is 5. The van der Waals surface area contributed by atoms with Crippen molar-refractivity contribution in [2.45, 2.75) is 260 Å². The molecule has 0 amide bonds. The first-order valence-electron chi connectivity index (χ1n) is 44.6. The summed E-state index contributed by atoms with van der Waals surface area (Å²) in [5, 5.41) is 11.7. The molecule has 638 valence electrons. The van der Waals surface area contributed by atoms with Gasteiger partial charge in [-0.05, 0) is 267 Å². The zero-order chi connectivity index (χ0) is 89.0. The fraction of sp³-hybridized carbons (Fsp3) is 0.391. The van der Waals surface area contributed by atoms with Gasteiger partial charge < -0.3 is 28.6 Å². The van der Waals surface area contributed by atoms with Gasteiger partial charge >= 0.3 is 11.9 Å². The van der Waals surface area contributed by atoms with Crippen LogP contribution in [0, 0.1) is 32.5 Å². The molecule has 15 rings (SSSR count). The van der Waals surface area contributed by atoms with E-state index in [0.717, 1.165) is 109 Å². The van der Waals surface area contributed by atoms with E-state index in [1.807, 2.05) is 24.3 Å². The van der Waals surface area contributed by atoms with Crippen LogP contribution in [0.1, 0.15) is 287 Å². The third kappa shape index (κ3) is 17.8. The number of anilines is 3. The van der Waals surface area contributed by atoms with E-state index < -0.39 is 11.9 Å². The normalized spacial score (nSPS) is 14.0. The standard InChI is InChI=1S/C115H131NO7/c1-69(63-105(2,3)4)70-30-42-76(43-31-70)116(77-44-32-71(33-45-77)111(20,21)64-106(5,6)7)89-62-93(122-81-52-40-75(41-53-81)115(28,29)68-110(17,18)19)98-84-55-57-86-95-85(56-54-83(94(84)95)97-90(59-58-82(89)101(97)98)119-78-46-34-72(35-47-78)112(22,23)65-107(8,9)10)99-91(120-79-48-36-73(37-49-79)113(24,25)66-108(11,12)13)60-87-96-88(104(118)123-103(87)117)61-92(100(86)102(96)99)121-80-50-38-74(39-51-80)114(26,27)67-109(14,15)16/h30-63H,64-68H2,1-29H3/b69-63+. The van der Waals surface area contributed by atoms with E-state index in [2.05, 4.69) is 376 Å². The second-order valence-corrected chi connectivity index (χ2v) is 46.5. The number of nitrogens with zero attached hydrogens (tertiary/aromatic N) is 1. The van der Waals surface area contributed by atoms with Gasteiger partial charge in [-0.1, -0.05) is 297 Å². The van der Waals surface area contributed by atoms with Crippen molar-refractivity contribution in [3.8, 4) is 46.0 Å². The number of hydrogen-bond acceptors (Lipinski definition) is 8. The summed E-state index contributed by atoms with van der Waals surface area (Å²) in [6.07, 6.45) is 7.25. The van der Waals surface area contributed by atoms with Crippen LogP contribution >= 0.6 is 0 Å². The number of hydrogen-bond donors (Lipinski definition) is 0. The van der Waals surface area contributed by atoms with Gasteiger partial charge in [-0.3, -0.25) is 0 Å². The predicted molar refractivity (Wildman–Crippen MR) is 520 cm³/mol. The van der Waals surface area contributed by atoms with Gasteiger partial charge in [-0.15, -0.1) is 0 Å². The lowest BCUT2D eigenvalue weighted by Gasteiger charge is -2.34. The maximum Gasteiger partial charge on any atom is 0.346 e. The summed E-state index contributed by atoms with van der Waals surface area (Å²) in [6.45, 7) is 66.9. The van der Waals surface area contributed by atoms with Crippen LogP contribution in [0.4, 0.5) is 17.1 Å². The number of cyclic esters (lactones) is 2. The molecule has 8 nitrogen and oxygen atoms in total. The highest BCUT2D eigenvalue weighted by molar-refractivity contribution is 6.46. The van der Waals surface area contributed by atoms with Gasteiger partial charge in [0.05, 0.1) is 16.8 Å². The van der Waals surface area contributed by atoms with E-state index in [-0.39, 0.29) is 70.7 Å². The first kappa shape index (κ1) is 87.2. The lowest BCUT2D eigenvalue weighted by atomic mass is 9.72. The predicted octanol–water partition coefficient (Wildman–Crippen LogP) is 34.6. The van der Waals surface area contributed by atoms with Crippen LogP contribution in [0.15, 0.2) is 206 Å². The maximum absolute atomic E-state index is 14.8. The average molecular weight is 1640 g/mol. The lowest BCUT2D eigenvalue weighted by Crippen LogP contribution is -2.24. The first-order valence-corrected chi connectivity index (χ1v) is 44.6. The molecule has 0 aliphatic carbocycles. The van der Waals surface area contributed by atoms with Crippen LogP contribution in [0.2, 0.25) is 0 Å². The van der Waals surface area contributed by atoms with Gasteiger partial charge in [0.2, 0.25) is 0 Å². The van der Waals surface area contributed by atoms with Crippen LogP contribution < -0.4 is 23.8 Å². The Morgan fingerprint density at radius 1 is 0.285 bits per heavy atom. The van der Waals surface area contributed by atoms with Gasteiger partial charge in [0.1, 0.15) is 46.0 Å². The van der Waals surface area contributed by atoms with Crippen LogP contribution in [0.3, 0.4) is 0 Å². The minimum atomic E-state index is -0.751. The van der Waals surface area contributed by atoms with Crippen molar-refractivity contribution in [3.63, 3.8) is 0 Å². The number of rotatable bonds is 22. The summed E-state index contributed by atoms with van der Waals surface area (Å²) in [6, 6.07) is 72.0. The van der Waals surface area contributed by atoms with Crippen molar-refractivity contribution in [2.75, 3.05) is 4.90 Å². The van der Waals surface area contributed by atoms with Crippen LogP contribution in [-0.4, -0.2) is 11.9 Å². The number of esters is 2. The maximum atomic E-state index is 14.8. The molecule has 0 radical (unpaired) electrons. The van der Waals surface area contributed by atoms with Gasteiger partial charge in [-0.25, -0.2) is 9.59 Å². The third-order valence-corrected chi connectivity index (χ3v) is 25.1. The molecule has 0 N–H and O–H groups in total. The Morgan fingerprint density at radius 2 is 0.553 bits per heavy atom. The summed E-state index contributed by atoms with van der Waals surface area (Å²) in [5.41, 5.74) is 11.5. The molecule has 1 aliphatic heterocycles. The zero-order valence-corrected chi connectivity index (χ0v) is 79.0. The van der Waals surface area contributed by atoms with Gasteiger partial charge in [0.15, 0.2) is 0 Å². The van der Waals surface area contributed by atoms with Gasteiger partial charge in [0.25, 0.3) is 0 Å². The average Bonchev–Trinajstić information content (AvgIpc) is 0.673. The number of benzene rings is 14. The molecule has 0 atom stereocenters. The zero-order valence-electron chi connectivity index (χ0n) is 79.0. The fourth-order valence-corrected chi connectivity index (χ4v) is 22.1. The van der Waals surface area contributed by atoms with Crippen LogP contribution in [-0.2, 0) is 31.8 Å². The van der Waals surface area contributed by atoms with E-state index >= 15 is 0 Å². The summed E-state index contributed by atoms with van der Waals surface area (Å²) in [5.74, 6) is 3.20. The Bertz CT molecular complexity index is 6230. The molecule has 1 heterocycles. The Morgan fingerprint density at radius 3 is 0.862 bits per heavy atom. The van der Waals surface area contributed by atoms with Crippen LogP contribution in [0.25, 0.3) is 81.0 Å². The van der Waals surface area contributed by atoms with E-state index in [0.29, 0.717) is 67.5 Å². The lowest BCUT2D eigenvalue weighted by molar-refractivity contribution is 0.0390. The molecule has 1 aliphatic rings. The molecule has 14 aromatic rings. The SMILES string of the molecule is C/C(=C\C(C)(C)C)c1ccc(N(c2ccc(C(C)(C)CC(C)(C)C)cc2)c2cc(Oc3ccc(C(C)(C)CC(C)(C)C)cc3)c3c4ccc5c6c(Oc7ccc(C(C)(C)CC(C)(C)C)cc7)cc7c8c(cc(Oc9ccc(C(C)(C)CC(C)(C)C)cc9)c(c9ccc(c%10c(Oc%11ccc(C(C)(C)CC(C)(C)C)cc%11)ccc2c%103)c4c95)c86)C(=O)OC7=O)cc1. The van der Waals surface area contributed by atoms with E-state index in [1.54, 1.807) is 12.1 Å². The van der Waals surface area contributed by atoms with Crippen molar-refractivity contribution in [1.29, 1.82) is 0 Å². The highest BCUT2D eigenvalue weighted by atomic mass is 16.6. The minimum Gasteiger partial charge on any atom is -0.457 e. The Hall–Kier alpha value is -10.7. The molecule has 14 aromatic carbocycles. The van der Waals surface area contributed by atoms with E-state index in [9.17, 15) is 9.59 Å². The number of fused-ring (bicyclic) bond motifs is 4. The molecule has 0 spiro atoms. The number of carbonyl (C=O) groups is 2. The molecular weight excluding hydrogens is 1510 g/mol. The quantitative estimate of drug-likeness (QED) is 0.0287. The Balaban J connectivity index is 1.09. The Kier molecular flexibility index (Phi) is 21.7. The number of carbonyl (C=O) groups excluding carboxylic acids is 2. The summed E-state index contributed by atoms with van der Waals surface area (Å²) >= 11 is 0. The van der Waals surface area contributed by atoms with Crippen molar-refractivity contribution >= 4 is 110 Å². The van der Waals surface area contributed by atoms with Gasteiger partial charge in [-0.2, -0.15) is 0 Å². The van der Waals surface area contributed by atoms with Crippen molar-refractivity contribution < 1.29 is 33.3 Å². The largest absolute Gasteiger partial charge is 0.457 e. The number of allylic oxidation sites excluding steroid dienone is 2. The van der Waals surface area contributed by atoms with Crippen molar-refractivity contribution in [2.24, 2.45) is 32.5 Å². The second-order valence-electron chi connectivity index (χ2n) is 46.5. The molecule has 0 fully saturated rings. The smallest absolute Gasteiger partial charge is 0.346 e. The third-order valence-electron chi connectivity index (χ3n) is 25.1. The summed E-state index contributed by atoms with van der Waals surface area (Å²) in [7, 11) is 0. The summed E-state index contributed by atoms with van der Waals surface area (Å²) < 4.78 is 36.1. The molecule has 0 saturated heterocycles. The summed E-state index contributed by atoms with van der Waals surface area (Å²) in [4.78, 5) is 32.1. The topological polar surface area (TPSA) is 83.5 Å². The molecule has 8 heteroatoms. The molecule has 0 saturated carbocycles. The monoisotopic (exact) mass is 1640 g/mol. The van der Waals surface area contributed by atoms with E-state index in [1.165, 1.54) is 33.4 Å². The minimum absolute atomic E-state index is 0.0292. The molecule has 123 heavy (non-hydrogen) atoms. The van der Waals surface area contributed by atoms with Gasteiger partial charge in [0, 0.05) is 60.5 Å². The highest BCUT2D eigenvalue weighted by Crippen LogP contribution is 2.59. The molecule has 0 aromatic heterocycles. The van der Waals surface area contributed by atoms with Crippen molar-refractivity contribution in [3.05, 3.63) is 251 Å². The molecular formula is C115H131NO7. The Labute approximate surface area is 732 Å². The first-order chi connectivity index (χ1) is 57.1. The molecule has 0 bridgehead atoms. The van der Waals surface area contributed by atoms with Crippen LogP contribution in [0.5, 0.6) is 46.0 Å². The fourth-order valence-electron chi connectivity index (χ4n) is 22.1. The molecule has 0 unspecified atom stereocenters.